The van der Waals surface area contributed by atoms with Crippen LogP contribution in [0.4, 0.5) is 0 Å². The van der Waals surface area contributed by atoms with Gasteiger partial charge in [0.1, 0.15) is 12.4 Å². The SMILES string of the molecule is O=C(O)c1ccc(Br)c(OCC#Cc2ccccc2)c1. The molecule has 0 fully saturated rings. The summed E-state index contributed by atoms with van der Waals surface area (Å²) in [6, 6.07) is 14.2. The first-order valence-electron chi connectivity index (χ1n) is 5.86. The second kappa shape index (κ2) is 6.78. The first-order valence-corrected chi connectivity index (χ1v) is 6.65. The molecule has 0 saturated carbocycles. The highest BCUT2D eigenvalue weighted by molar-refractivity contribution is 9.10. The fourth-order valence-electron chi connectivity index (χ4n) is 1.52. The quantitative estimate of drug-likeness (QED) is 0.875. The average molecular weight is 331 g/mol. The molecule has 0 atom stereocenters. The number of rotatable bonds is 3. The van der Waals surface area contributed by atoms with Gasteiger partial charge in [0, 0.05) is 5.56 Å². The number of halogens is 1. The van der Waals surface area contributed by atoms with Gasteiger partial charge in [0.2, 0.25) is 0 Å². The molecule has 0 bridgehead atoms. The monoisotopic (exact) mass is 330 g/mol. The molecule has 2 aromatic carbocycles. The summed E-state index contributed by atoms with van der Waals surface area (Å²) in [6.45, 7) is 0.191. The molecular formula is C16H11BrO3. The Balaban J connectivity index is 2.03. The molecular weight excluding hydrogens is 320 g/mol. The molecule has 0 aliphatic carbocycles. The normalized spacial score (nSPS) is 9.45. The van der Waals surface area contributed by atoms with Crippen molar-refractivity contribution >= 4 is 21.9 Å². The third kappa shape index (κ3) is 3.87. The third-order valence-electron chi connectivity index (χ3n) is 2.48. The van der Waals surface area contributed by atoms with Crippen LogP contribution in [0.5, 0.6) is 5.75 Å². The lowest BCUT2D eigenvalue weighted by atomic mass is 10.2. The van der Waals surface area contributed by atoms with Crippen LogP contribution >= 0.6 is 15.9 Å². The van der Waals surface area contributed by atoms with E-state index in [0.717, 1.165) is 5.56 Å². The standard InChI is InChI=1S/C16H11BrO3/c17-14-9-8-13(16(18)19)11-15(14)20-10-4-7-12-5-2-1-3-6-12/h1-3,5-6,8-9,11H,10H2,(H,18,19). The van der Waals surface area contributed by atoms with E-state index in [-0.39, 0.29) is 12.2 Å². The van der Waals surface area contributed by atoms with Crippen LogP contribution in [-0.2, 0) is 0 Å². The van der Waals surface area contributed by atoms with Crippen molar-refractivity contribution in [2.45, 2.75) is 0 Å². The van der Waals surface area contributed by atoms with Crippen LogP contribution in [0.1, 0.15) is 15.9 Å². The zero-order chi connectivity index (χ0) is 14.4. The molecule has 100 valence electrons. The summed E-state index contributed by atoms with van der Waals surface area (Å²) in [5.74, 6) is 5.33. The number of aromatic carboxylic acids is 1. The first-order chi connectivity index (χ1) is 9.66. The minimum atomic E-state index is -0.988. The molecule has 3 nitrogen and oxygen atoms in total. The van der Waals surface area contributed by atoms with E-state index in [9.17, 15) is 4.79 Å². The van der Waals surface area contributed by atoms with Crippen LogP contribution in [0.3, 0.4) is 0 Å². The van der Waals surface area contributed by atoms with E-state index < -0.39 is 5.97 Å². The van der Waals surface area contributed by atoms with Crippen LogP contribution in [-0.4, -0.2) is 17.7 Å². The molecule has 2 aromatic rings. The maximum absolute atomic E-state index is 10.9. The molecule has 0 radical (unpaired) electrons. The maximum atomic E-state index is 10.9. The predicted molar refractivity (Wildman–Crippen MR) is 79.9 cm³/mol. The second-order valence-corrected chi connectivity index (χ2v) is 4.76. The van der Waals surface area contributed by atoms with Gasteiger partial charge in [0.25, 0.3) is 0 Å². The Morgan fingerprint density at radius 3 is 2.65 bits per heavy atom. The molecule has 0 saturated heterocycles. The number of ether oxygens (including phenoxy) is 1. The van der Waals surface area contributed by atoms with Gasteiger partial charge in [-0.3, -0.25) is 0 Å². The minimum absolute atomic E-state index is 0.180. The topological polar surface area (TPSA) is 46.5 Å². The lowest BCUT2D eigenvalue weighted by Gasteiger charge is -2.05. The van der Waals surface area contributed by atoms with Crippen molar-refractivity contribution in [3.8, 4) is 17.6 Å². The molecule has 2 rings (SSSR count). The van der Waals surface area contributed by atoms with Crippen LogP contribution in [0.2, 0.25) is 0 Å². The summed E-state index contributed by atoms with van der Waals surface area (Å²) in [5.41, 5.74) is 1.09. The Morgan fingerprint density at radius 1 is 1.20 bits per heavy atom. The van der Waals surface area contributed by atoms with Crippen LogP contribution < -0.4 is 4.74 Å². The number of benzene rings is 2. The summed E-state index contributed by atoms with van der Waals surface area (Å²) in [5, 5.41) is 8.92. The van der Waals surface area contributed by atoms with Crippen molar-refractivity contribution in [1.82, 2.24) is 0 Å². The highest BCUT2D eigenvalue weighted by atomic mass is 79.9. The molecule has 0 amide bonds. The van der Waals surface area contributed by atoms with Crippen molar-refractivity contribution < 1.29 is 14.6 Å². The predicted octanol–water partition coefficient (Wildman–Crippen LogP) is 3.58. The maximum Gasteiger partial charge on any atom is 0.335 e. The van der Waals surface area contributed by atoms with Gasteiger partial charge in [0.05, 0.1) is 10.0 Å². The van der Waals surface area contributed by atoms with E-state index in [1.165, 1.54) is 12.1 Å². The molecule has 20 heavy (non-hydrogen) atoms. The number of hydrogen-bond acceptors (Lipinski definition) is 2. The van der Waals surface area contributed by atoms with Crippen molar-refractivity contribution in [1.29, 1.82) is 0 Å². The van der Waals surface area contributed by atoms with E-state index in [2.05, 4.69) is 27.8 Å². The smallest absolute Gasteiger partial charge is 0.335 e. The highest BCUT2D eigenvalue weighted by Gasteiger charge is 2.07. The molecule has 1 N–H and O–H groups in total. The van der Waals surface area contributed by atoms with Crippen molar-refractivity contribution in [3.63, 3.8) is 0 Å². The number of hydrogen-bond donors (Lipinski definition) is 1. The summed E-state index contributed by atoms with van der Waals surface area (Å²) in [6.07, 6.45) is 0. The van der Waals surface area contributed by atoms with Gasteiger partial charge in [-0.2, -0.15) is 0 Å². The van der Waals surface area contributed by atoms with Gasteiger partial charge in [-0.15, -0.1) is 0 Å². The molecule has 0 aliphatic rings. The Hall–Kier alpha value is -2.25. The summed E-state index contributed by atoms with van der Waals surface area (Å²) < 4.78 is 6.16. The van der Waals surface area contributed by atoms with E-state index in [4.69, 9.17) is 9.84 Å². The Kier molecular flexibility index (Phi) is 4.80. The third-order valence-corrected chi connectivity index (χ3v) is 3.14. The van der Waals surface area contributed by atoms with Gasteiger partial charge in [-0.05, 0) is 46.3 Å². The number of carboxylic acid groups (broad SMARTS) is 1. The minimum Gasteiger partial charge on any atom is -0.480 e. The fourth-order valence-corrected chi connectivity index (χ4v) is 1.88. The number of carboxylic acids is 1. The van der Waals surface area contributed by atoms with Crippen molar-refractivity contribution in [2.75, 3.05) is 6.61 Å². The van der Waals surface area contributed by atoms with Gasteiger partial charge in [0.15, 0.2) is 0 Å². The van der Waals surface area contributed by atoms with E-state index in [1.807, 2.05) is 30.3 Å². The van der Waals surface area contributed by atoms with E-state index in [1.54, 1.807) is 6.07 Å². The zero-order valence-corrected chi connectivity index (χ0v) is 12.1. The largest absolute Gasteiger partial charge is 0.480 e. The molecule has 0 unspecified atom stereocenters. The molecule has 0 spiro atoms. The Morgan fingerprint density at radius 2 is 1.95 bits per heavy atom. The van der Waals surface area contributed by atoms with Gasteiger partial charge < -0.3 is 9.84 Å². The zero-order valence-electron chi connectivity index (χ0n) is 10.5. The van der Waals surface area contributed by atoms with Gasteiger partial charge in [-0.1, -0.05) is 30.0 Å². The Labute approximate surface area is 125 Å². The lowest BCUT2D eigenvalue weighted by Crippen LogP contribution is -1.99. The van der Waals surface area contributed by atoms with Crippen LogP contribution in [0.15, 0.2) is 53.0 Å². The molecule has 0 aliphatic heterocycles. The summed E-state index contributed by atoms with van der Waals surface area (Å²) >= 11 is 3.31. The lowest BCUT2D eigenvalue weighted by molar-refractivity contribution is 0.0696. The second-order valence-electron chi connectivity index (χ2n) is 3.91. The van der Waals surface area contributed by atoms with E-state index in [0.29, 0.717) is 10.2 Å². The van der Waals surface area contributed by atoms with Crippen molar-refractivity contribution in [2.24, 2.45) is 0 Å². The first kappa shape index (κ1) is 14.2. The Bertz CT molecular complexity index is 669. The number of carbonyl (C=O) groups is 1. The van der Waals surface area contributed by atoms with Crippen LogP contribution in [0.25, 0.3) is 0 Å². The van der Waals surface area contributed by atoms with Crippen molar-refractivity contribution in [3.05, 3.63) is 64.1 Å². The fraction of sp³-hybridized carbons (Fsp3) is 0.0625. The highest BCUT2D eigenvalue weighted by Crippen LogP contribution is 2.25. The van der Waals surface area contributed by atoms with Gasteiger partial charge >= 0.3 is 5.97 Å². The summed E-state index contributed by atoms with van der Waals surface area (Å²) in [7, 11) is 0. The molecule has 0 aromatic heterocycles. The summed E-state index contributed by atoms with van der Waals surface area (Å²) in [4.78, 5) is 10.9. The van der Waals surface area contributed by atoms with Crippen LogP contribution in [0, 0.1) is 11.8 Å². The molecule has 4 heteroatoms. The van der Waals surface area contributed by atoms with E-state index >= 15 is 0 Å². The van der Waals surface area contributed by atoms with Gasteiger partial charge in [-0.25, -0.2) is 4.79 Å². The molecule has 0 heterocycles. The average Bonchev–Trinajstić information content (AvgIpc) is 2.46.